The number of aliphatic hydroxyl groups is 1. The second-order valence-corrected chi connectivity index (χ2v) is 11.0. The van der Waals surface area contributed by atoms with Crippen molar-refractivity contribution in [1.82, 2.24) is 5.32 Å². The van der Waals surface area contributed by atoms with E-state index in [1.54, 1.807) is 0 Å². The van der Waals surface area contributed by atoms with Gasteiger partial charge in [-0.1, -0.05) is 182 Å². The first kappa shape index (κ1) is 29.3. The topological polar surface area (TPSA) is 41.5 Å². The molecule has 1 atom stereocenters. The van der Waals surface area contributed by atoms with E-state index in [2.05, 4.69) is 115 Å². The second kappa shape index (κ2) is 13.7. The van der Waals surface area contributed by atoms with Crippen LogP contribution in [0.1, 0.15) is 33.4 Å². The number of hydrogen-bond donors (Lipinski definition) is 2. The monoisotopic (exact) mass is 575 g/mol. The van der Waals surface area contributed by atoms with E-state index in [4.69, 9.17) is 4.74 Å². The molecule has 6 aromatic carbocycles. The first-order valence-corrected chi connectivity index (χ1v) is 15.1. The van der Waals surface area contributed by atoms with E-state index in [0.717, 1.165) is 33.4 Å². The quantitative estimate of drug-likeness (QED) is 0.146. The summed E-state index contributed by atoms with van der Waals surface area (Å²) >= 11 is 0. The average molecular weight is 576 g/mol. The minimum atomic E-state index is -0.895. The third-order valence-corrected chi connectivity index (χ3v) is 8.30. The summed E-state index contributed by atoms with van der Waals surface area (Å²) in [5.41, 5.74) is 4.67. The summed E-state index contributed by atoms with van der Waals surface area (Å²) in [4.78, 5) is 0. The molecule has 0 saturated carbocycles. The number of benzene rings is 6. The Balaban J connectivity index is 1.47. The number of nitrogens with one attached hydrogen (secondary N) is 1. The van der Waals surface area contributed by atoms with Crippen LogP contribution >= 0.6 is 0 Å². The Hall–Kier alpha value is -4.80. The van der Waals surface area contributed by atoms with Gasteiger partial charge in [-0.3, -0.25) is 5.32 Å². The molecule has 0 spiro atoms. The molecule has 6 rings (SSSR count). The first-order chi connectivity index (χ1) is 21.8. The number of rotatable bonds is 12. The standard InChI is InChI=1S/C41H37NO2/c43-31-39(42-40(33-19-7-1-8-20-33,34-21-9-2-10-22-34)35-23-11-3-12-24-35)32-44-41(36-25-13-4-14-26-36,37-27-15-5-16-28-37)38-29-17-6-18-30-38/h1-30,39,42-43H,31-32H2. The third-order valence-electron chi connectivity index (χ3n) is 8.30. The molecule has 44 heavy (non-hydrogen) atoms. The van der Waals surface area contributed by atoms with Gasteiger partial charge in [-0.25, -0.2) is 0 Å². The Morgan fingerprint density at radius 2 is 0.705 bits per heavy atom. The van der Waals surface area contributed by atoms with Crippen LogP contribution in [0.25, 0.3) is 0 Å². The maximum Gasteiger partial charge on any atom is 0.143 e. The minimum absolute atomic E-state index is 0.122. The van der Waals surface area contributed by atoms with Gasteiger partial charge in [0.15, 0.2) is 0 Å². The summed E-state index contributed by atoms with van der Waals surface area (Å²) in [6.45, 7) is 0.117. The average Bonchev–Trinajstić information content (AvgIpc) is 3.12. The molecule has 0 aliphatic heterocycles. The van der Waals surface area contributed by atoms with Crippen molar-refractivity contribution in [3.05, 3.63) is 215 Å². The Kier molecular flexibility index (Phi) is 9.09. The molecular formula is C41H37NO2. The van der Waals surface area contributed by atoms with Crippen LogP contribution in [0, 0.1) is 0 Å². The van der Waals surface area contributed by atoms with Crippen molar-refractivity contribution >= 4 is 0 Å². The molecule has 6 aromatic rings. The lowest BCUT2D eigenvalue weighted by Gasteiger charge is -2.41. The molecule has 0 aliphatic carbocycles. The van der Waals surface area contributed by atoms with Crippen molar-refractivity contribution in [2.45, 2.75) is 17.2 Å². The summed E-state index contributed by atoms with van der Waals surface area (Å²) < 4.78 is 7.17. The molecule has 0 heterocycles. The number of aliphatic hydroxyl groups excluding tert-OH is 1. The van der Waals surface area contributed by atoms with Gasteiger partial charge in [0.1, 0.15) is 5.60 Å². The van der Waals surface area contributed by atoms with Crippen LogP contribution in [0.2, 0.25) is 0 Å². The molecule has 1 unspecified atom stereocenters. The van der Waals surface area contributed by atoms with Crippen molar-refractivity contribution in [3.63, 3.8) is 0 Å². The van der Waals surface area contributed by atoms with Crippen LogP contribution < -0.4 is 5.32 Å². The van der Waals surface area contributed by atoms with E-state index in [0.29, 0.717) is 0 Å². The fourth-order valence-corrected chi connectivity index (χ4v) is 6.25. The largest absolute Gasteiger partial charge is 0.395 e. The minimum Gasteiger partial charge on any atom is -0.395 e. The van der Waals surface area contributed by atoms with Gasteiger partial charge in [-0.05, 0) is 33.4 Å². The molecule has 2 N–H and O–H groups in total. The summed E-state index contributed by atoms with van der Waals surface area (Å²) in [6.07, 6.45) is 0. The predicted molar refractivity (Wildman–Crippen MR) is 178 cm³/mol. The van der Waals surface area contributed by atoms with Gasteiger partial charge in [-0.2, -0.15) is 0 Å². The Morgan fingerprint density at radius 3 is 0.977 bits per heavy atom. The van der Waals surface area contributed by atoms with E-state index in [1.807, 2.05) is 72.8 Å². The Morgan fingerprint density at radius 1 is 0.432 bits per heavy atom. The highest BCUT2D eigenvalue weighted by Crippen LogP contribution is 2.41. The van der Waals surface area contributed by atoms with Crippen molar-refractivity contribution in [2.75, 3.05) is 13.2 Å². The molecule has 218 valence electrons. The molecule has 3 heteroatoms. The zero-order chi connectivity index (χ0) is 30.1. The molecular weight excluding hydrogens is 538 g/mol. The van der Waals surface area contributed by atoms with Crippen LogP contribution in [0.3, 0.4) is 0 Å². The van der Waals surface area contributed by atoms with Crippen molar-refractivity contribution in [2.24, 2.45) is 0 Å². The molecule has 0 aliphatic rings. The Labute approximate surface area is 260 Å². The van der Waals surface area contributed by atoms with Gasteiger partial charge in [0, 0.05) is 0 Å². The first-order valence-electron chi connectivity index (χ1n) is 15.1. The highest BCUT2D eigenvalue weighted by Gasteiger charge is 2.41. The number of ether oxygens (including phenoxy) is 1. The van der Waals surface area contributed by atoms with E-state index in [1.165, 1.54) is 0 Å². The van der Waals surface area contributed by atoms with Gasteiger partial charge < -0.3 is 9.84 Å². The smallest absolute Gasteiger partial charge is 0.143 e. The summed E-state index contributed by atoms with van der Waals surface area (Å²) in [5.74, 6) is 0. The highest BCUT2D eigenvalue weighted by molar-refractivity contribution is 5.50. The summed E-state index contributed by atoms with van der Waals surface area (Å²) in [5, 5.41) is 14.9. The maximum atomic E-state index is 11.0. The molecule has 3 nitrogen and oxygen atoms in total. The van der Waals surface area contributed by atoms with Gasteiger partial charge in [-0.15, -0.1) is 0 Å². The van der Waals surface area contributed by atoms with E-state index in [-0.39, 0.29) is 13.2 Å². The van der Waals surface area contributed by atoms with Crippen LogP contribution in [0.4, 0.5) is 0 Å². The molecule has 0 radical (unpaired) electrons. The maximum absolute atomic E-state index is 11.0. The van der Waals surface area contributed by atoms with Gasteiger partial charge >= 0.3 is 0 Å². The van der Waals surface area contributed by atoms with Crippen LogP contribution in [-0.4, -0.2) is 24.4 Å². The molecule has 0 amide bonds. The zero-order valence-corrected chi connectivity index (χ0v) is 24.7. The summed E-state index contributed by atoms with van der Waals surface area (Å²) in [7, 11) is 0. The normalized spacial score (nSPS) is 12.5. The molecule has 0 bridgehead atoms. The van der Waals surface area contributed by atoms with E-state index < -0.39 is 17.2 Å². The van der Waals surface area contributed by atoms with Gasteiger partial charge in [0.25, 0.3) is 0 Å². The SMILES string of the molecule is OCC(COC(c1ccccc1)(c1ccccc1)c1ccccc1)NC(c1ccccc1)(c1ccccc1)c1ccccc1. The van der Waals surface area contributed by atoms with Crippen molar-refractivity contribution in [1.29, 1.82) is 0 Å². The highest BCUT2D eigenvalue weighted by atomic mass is 16.5. The van der Waals surface area contributed by atoms with Crippen LogP contribution in [0.15, 0.2) is 182 Å². The molecule has 0 fully saturated rings. The van der Waals surface area contributed by atoms with Crippen LogP contribution in [0.5, 0.6) is 0 Å². The van der Waals surface area contributed by atoms with Gasteiger partial charge in [0.2, 0.25) is 0 Å². The molecule has 0 aromatic heterocycles. The zero-order valence-electron chi connectivity index (χ0n) is 24.7. The van der Waals surface area contributed by atoms with Gasteiger partial charge in [0.05, 0.1) is 24.8 Å². The lowest BCUT2D eigenvalue weighted by Crippen LogP contribution is -2.53. The lowest BCUT2D eigenvalue weighted by atomic mass is 9.76. The summed E-state index contributed by atoms with van der Waals surface area (Å²) in [6, 6.07) is 62.0. The van der Waals surface area contributed by atoms with E-state index >= 15 is 0 Å². The fraction of sp³-hybridized carbons (Fsp3) is 0.122. The lowest BCUT2D eigenvalue weighted by molar-refractivity contribution is -0.0113. The number of hydrogen-bond acceptors (Lipinski definition) is 3. The second-order valence-electron chi connectivity index (χ2n) is 11.0. The van der Waals surface area contributed by atoms with E-state index in [9.17, 15) is 5.11 Å². The predicted octanol–water partition coefficient (Wildman–Crippen LogP) is 7.94. The van der Waals surface area contributed by atoms with Crippen molar-refractivity contribution < 1.29 is 9.84 Å². The van der Waals surface area contributed by atoms with Crippen LogP contribution in [-0.2, 0) is 15.9 Å². The fourth-order valence-electron chi connectivity index (χ4n) is 6.25. The Bertz CT molecular complexity index is 1500. The van der Waals surface area contributed by atoms with Crippen molar-refractivity contribution in [3.8, 4) is 0 Å². The molecule has 0 saturated heterocycles. The third kappa shape index (κ3) is 5.73.